The molecule has 0 spiro atoms. The van der Waals surface area contributed by atoms with Crippen LogP contribution in [0.25, 0.3) is 10.4 Å². The van der Waals surface area contributed by atoms with Crippen molar-refractivity contribution in [1.82, 2.24) is 0 Å². The molecule has 14 heavy (non-hydrogen) atoms. The molecule has 0 heterocycles. The second-order valence-corrected chi connectivity index (χ2v) is 2.65. The summed E-state index contributed by atoms with van der Waals surface area (Å²) in [5.74, 6) is 0.231. The third-order valence-electron chi connectivity index (χ3n) is 1.63. The molecule has 1 aromatic rings. The smallest absolute Gasteiger partial charge is 0.173 e. The third kappa shape index (κ3) is 2.50. The average molecular weight is 190 g/mol. The summed E-state index contributed by atoms with van der Waals surface area (Å²) in [5.41, 5.74) is 10.2. The number of benzene rings is 1. The summed E-state index contributed by atoms with van der Waals surface area (Å²) in [6, 6.07) is 7.46. The molecule has 0 amide bonds. The van der Waals surface area contributed by atoms with Crippen molar-refractivity contribution in [2.24, 2.45) is 10.3 Å². The zero-order valence-electron chi connectivity index (χ0n) is 8.01. The minimum Gasteiger partial charge on any atom is -0.399 e. The Balaban J connectivity index is 3.06. The lowest BCUT2D eigenvalue weighted by molar-refractivity contribution is 0.213. The van der Waals surface area contributed by atoms with Crippen LogP contribution in [0.3, 0.4) is 0 Å². The molecule has 0 fully saturated rings. The summed E-state index contributed by atoms with van der Waals surface area (Å²) in [5, 5.41) is 7.03. The Morgan fingerprint density at radius 2 is 2.00 bits per heavy atom. The maximum atomic E-state index is 8.30. The quantitative estimate of drug-likeness (QED) is 0.176. The number of hydrogen-bond acceptors (Lipinski definition) is 2. The van der Waals surface area contributed by atoms with E-state index in [1.165, 1.54) is 7.11 Å². The summed E-state index contributed by atoms with van der Waals surface area (Å²) in [4.78, 5) is 7.23. The maximum Gasteiger partial charge on any atom is 0.173 e. The van der Waals surface area contributed by atoms with E-state index in [1.807, 2.05) is 31.2 Å². The predicted octanol–water partition coefficient (Wildman–Crippen LogP) is 2.61. The predicted molar refractivity (Wildman–Crippen MR) is 53.9 cm³/mol. The molecule has 1 rings (SSSR count). The highest BCUT2D eigenvalue weighted by atomic mass is 16.6. The van der Waals surface area contributed by atoms with E-state index in [9.17, 15) is 0 Å². The lowest BCUT2D eigenvalue weighted by atomic mass is 10.1. The molecule has 5 heteroatoms. The summed E-state index contributed by atoms with van der Waals surface area (Å²) in [6.45, 7) is 1.98. The third-order valence-corrected chi connectivity index (χ3v) is 1.63. The van der Waals surface area contributed by atoms with Crippen molar-refractivity contribution in [3.63, 3.8) is 0 Å². The van der Waals surface area contributed by atoms with Crippen LogP contribution in [-0.4, -0.2) is 12.9 Å². The molecule has 0 bridgehead atoms. The number of rotatable bonds is 2. The second kappa shape index (κ2) is 4.89. The Kier molecular flexibility index (Phi) is 3.52. The largest absolute Gasteiger partial charge is 0.399 e. The molecule has 0 unspecified atom stereocenters. The minimum absolute atomic E-state index is 0.231. The van der Waals surface area contributed by atoms with Crippen LogP contribution in [-0.2, 0) is 4.84 Å². The van der Waals surface area contributed by atoms with Gasteiger partial charge in [-0.2, -0.15) is 0 Å². The number of amidine groups is 1. The molecule has 72 valence electrons. The van der Waals surface area contributed by atoms with Crippen molar-refractivity contribution in [3.8, 4) is 0 Å². The van der Waals surface area contributed by atoms with E-state index in [1.54, 1.807) is 0 Å². The Morgan fingerprint density at radius 3 is 2.50 bits per heavy atom. The fraction of sp³-hybridized carbons (Fsp3) is 0.222. The topological polar surface area (TPSA) is 70.4 Å². The second-order valence-electron chi connectivity index (χ2n) is 2.65. The maximum absolute atomic E-state index is 8.30. The monoisotopic (exact) mass is 190 g/mol. The first-order valence-corrected chi connectivity index (χ1v) is 4.01. The van der Waals surface area contributed by atoms with Crippen LogP contribution in [0.1, 0.15) is 11.1 Å². The zero-order valence-corrected chi connectivity index (χ0v) is 8.01. The van der Waals surface area contributed by atoms with Gasteiger partial charge in [0.2, 0.25) is 0 Å². The minimum atomic E-state index is 0.231. The van der Waals surface area contributed by atoms with Crippen molar-refractivity contribution >= 4 is 5.84 Å². The SMILES string of the molecule is CO/N=C(\N=[N+]=[N-])c1ccc(C)cc1. The molecule has 0 atom stereocenters. The van der Waals surface area contributed by atoms with Gasteiger partial charge in [0, 0.05) is 10.5 Å². The van der Waals surface area contributed by atoms with Gasteiger partial charge in [0.25, 0.3) is 0 Å². The van der Waals surface area contributed by atoms with E-state index in [2.05, 4.69) is 20.0 Å². The van der Waals surface area contributed by atoms with Gasteiger partial charge in [0.1, 0.15) is 7.11 Å². The highest BCUT2D eigenvalue weighted by Crippen LogP contribution is 2.06. The molecule has 0 radical (unpaired) electrons. The Morgan fingerprint density at radius 1 is 1.36 bits per heavy atom. The Labute approximate surface area is 81.6 Å². The molecule has 0 aliphatic heterocycles. The summed E-state index contributed by atoms with van der Waals surface area (Å²) >= 11 is 0. The number of aryl methyl sites for hydroxylation is 1. The first-order valence-electron chi connectivity index (χ1n) is 4.01. The molecule has 0 saturated heterocycles. The lowest BCUT2D eigenvalue weighted by Crippen LogP contribution is -1.96. The lowest BCUT2D eigenvalue weighted by Gasteiger charge is -1.99. The first-order chi connectivity index (χ1) is 6.77. The van der Waals surface area contributed by atoms with Crippen molar-refractivity contribution in [2.75, 3.05) is 7.11 Å². The van der Waals surface area contributed by atoms with Crippen LogP contribution in [0.15, 0.2) is 34.5 Å². The highest BCUT2D eigenvalue weighted by molar-refractivity contribution is 5.99. The number of oxime groups is 1. The summed E-state index contributed by atoms with van der Waals surface area (Å²) in [6.07, 6.45) is 0. The summed E-state index contributed by atoms with van der Waals surface area (Å²) < 4.78 is 0. The molecule has 0 saturated carbocycles. The fourth-order valence-electron chi connectivity index (χ4n) is 0.960. The van der Waals surface area contributed by atoms with Gasteiger partial charge in [-0.05, 0) is 17.6 Å². The molecule has 0 aliphatic rings. The van der Waals surface area contributed by atoms with Crippen molar-refractivity contribution in [3.05, 3.63) is 45.8 Å². The van der Waals surface area contributed by atoms with Gasteiger partial charge < -0.3 is 4.84 Å². The van der Waals surface area contributed by atoms with Crippen LogP contribution in [0.4, 0.5) is 0 Å². The number of azide groups is 1. The van der Waals surface area contributed by atoms with Crippen molar-refractivity contribution in [2.45, 2.75) is 6.92 Å². The molecule has 0 aromatic heterocycles. The Hall–Kier alpha value is -2.00. The normalized spacial score (nSPS) is 10.6. The number of nitrogens with zero attached hydrogens (tertiary/aromatic N) is 4. The van der Waals surface area contributed by atoms with Gasteiger partial charge >= 0.3 is 0 Å². The van der Waals surface area contributed by atoms with Crippen molar-refractivity contribution in [1.29, 1.82) is 0 Å². The molecule has 1 aromatic carbocycles. The van der Waals surface area contributed by atoms with E-state index >= 15 is 0 Å². The molecule has 5 nitrogen and oxygen atoms in total. The average Bonchev–Trinajstić information content (AvgIpc) is 2.19. The first kappa shape index (κ1) is 10.1. The van der Waals surface area contributed by atoms with E-state index in [4.69, 9.17) is 5.53 Å². The van der Waals surface area contributed by atoms with Crippen LogP contribution < -0.4 is 0 Å². The van der Waals surface area contributed by atoms with E-state index in [-0.39, 0.29) is 5.84 Å². The molecular weight excluding hydrogens is 180 g/mol. The molecule has 0 N–H and O–H groups in total. The molecular formula is C9H10N4O. The number of hydrogen-bond donors (Lipinski definition) is 0. The summed E-state index contributed by atoms with van der Waals surface area (Å²) in [7, 11) is 1.40. The van der Waals surface area contributed by atoms with Gasteiger partial charge in [0.05, 0.1) is 0 Å². The fourth-order valence-corrected chi connectivity index (χ4v) is 0.960. The van der Waals surface area contributed by atoms with Gasteiger partial charge in [-0.15, -0.1) is 0 Å². The highest BCUT2D eigenvalue weighted by Gasteiger charge is 2.00. The Bertz CT molecular complexity index is 376. The van der Waals surface area contributed by atoms with Crippen LogP contribution in [0, 0.1) is 6.92 Å². The molecule has 0 aliphatic carbocycles. The van der Waals surface area contributed by atoms with Gasteiger partial charge in [0.15, 0.2) is 5.84 Å². The van der Waals surface area contributed by atoms with Crippen molar-refractivity contribution < 1.29 is 4.84 Å². The zero-order chi connectivity index (χ0) is 10.4. The van der Waals surface area contributed by atoms with E-state index in [0.29, 0.717) is 0 Å². The van der Waals surface area contributed by atoms with Crippen LogP contribution in [0.5, 0.6) is 0 Å². The standard InChI is InChI=1S/C9H10N4O/c1-7-3-5-8(6-4-7)9(11-13-10)12-14-2/h3-6H,1-2H3/b12-9-. The van der Waals surface area contributed by atoms with Gasteiger partial charge in [-0.3, -0.25) is 0 Å². The van der Waals surface area contributed by atoms with Gasteiger partial charge in [-0.1, -0.05) is 35.0 Å². The van der Waals surface area contributed by atoms with E-state index in [0.717, 1.165) is 11.1 Å². The van der Waals surface area contributed by atoms with E-state index < -0.39 is 0 Å². The van der Waals surface area contributed by atoms with Crippen LogP contribution in [0.2, 0.25) is 0 Å². The van der Waals surface area contributed by atoms with Gasteiger partial charge in [-0.25, -0.2) is 0 Å². The van der Waals surface area contributed by atoms with Crippen LogP contribution >= 0.6 is 0 Å².